The van der Waals surface area contributed by atoms with Crippen LogP contribution >= 0.6 is 15.9 Å². The first-order chi connectivity index (χ1) is 3.18. The molecule has 0 saturated carbocycles. The summed E-state index contributed by atoms with van der Waals surface area (Å²) >= 11 is 2.99. The van der Waals surface area contributed by atoms with Crippen LogP contribution in [0.2, 0.25) is 0 Å². The van der Waals surface area contributed by atoms with E-state index in [9.17, 15) is 0 Å². The van der Waals surface area contributed by atoms with Crippen LogP contribution in [0.25, 0.3) is 0 Å². The van der Waals surface area contributed by atoms with Crippen molar-refractivity contribution in [3.63, 3.8) is 0 Å². The van der Waals surface area contributed by atoms with Crippen LogP contribution in [0.15, 0.2) is 10.7 Å². The molecule has 0 amide bonds. The molecule has 0 aromatic rings. The molecule has 0 unspecified atom stereocenters. The highest BCUT2D eigenvalue weighted by molar-refractivity contribution is 9.12. The fourth-order valence-electron chi connectivity index (χ4n) is 0.0962. The Labute approximate surface area is 50.0 Å². The van der Waals surface area contributed by atoms with Gasteiger partial charge >= 0.3 is 0 Å². The van der Waals surface area contributed by atoms with Gasteiger partial charge in [0.25, 0.3) is 5.84 Å². The van der Waals surface area contributed by atoms with Crippen LogP contribution < -0.4 is 16.9 Å². The van der Waals surface area contributed by atoms with Gasteiger partial charge in [-0.1, -0.05) is 0 Å². The van der Waals surface area contributed by atoms with Gasteiger partial charge in [-0.3, -0.25) is 11.1 Å². The van der Waals surface area contributed by atoms with Crippen LogP contribution in [0, 0.1) is 0 Å². The van der Waals surface area contributed by atoms with Crippen molar-refractivity contribution in [2.45, 2.75) is 0 Å². The van der Waals surface area contributed by atoms with E-state index >= 15 is 0 Å². The van der Waals surface area contributed by atoms with Crippen LogP contribution in [-0.4, -0.2) is 5.84 Å². The van der Waals surface area contributed by atoms with Gasteiger partial charge in [0, 0.05) is 6.20 Å². The molecule has 0 heterocycles. The zero-order chi connectivity index (χ0) is 5.86. The van der Waals surface area contributed by atoms with Crippen LogP contribution in [-0.2, 0) is 0 Å². The lowest BCUT2D eigenvalue weighted by Crippen LogP contribution is -2.45. The molecule has 0 fully saturated rings. The molecule has 7 heavy (non-hydrogen) atoms. The van der Waals surface area contributed by atoms with Gasteiger partial charge in [0.15, 0.2) is 0 Å². The molecule has 0 aliphatic heterocycles. The van der Waals surface area contributed by atoms with Gasteiger partial charge in [-0.05, 0) is 15.9 Å². The molecule has 0 radical (unpaired) electrons. The average Bonchev–Trinajstić information content (AvgIpc) is 1.65. The molecule has 0 aromatic heterocycles. The van der Waals surface area contributed by atoms with E-state index in [1.807, 2.05) is 0 Å². The van der Waals surface area contributed by atoms with Crippen molar-refractivity contribution in [1.82, 2.24) is 0 Å². The lowest BCUT2D eigenvalue weighted by atomic mass is 10.6. The van der Waals surface area contributed by atoms with Crippen LogP contribution in [0.3, 0.4) is 0 Å². The maximum absolute atomic E-state index is 5.05. The fraction of sp³-hybridized carbons (Fsp3) is 0. The van der Waals surface area contributed by atoms with Crippen molar-refractivity contribution in [1.29, 1.82) is 0 Å². The van der Waals surface area contributed by atoms with Gasteiger partial charge in [0.05, 0.1) is 0 Å². The Kier molecular flexibility index (Phi) is 2.44. The zero-order valence-corrected chi connectivity index (χ0v) is 5.27. The fourth-order valence-corrected chi connectivity index (χ4v) is 0.0962. The maximum atomic E-state index is 5.05. The molecule has 0 aromatic carbocycles. The molecule has 4 heteroatoms. The van der Waals surface area contributed by atoms with E-state index in [4.69, 9.17) is 16.9 Å². The molecule has 0 atom stereocenters. The Hall–Kier alpha value is -0.510. The highest BCUT2D eigenvalue weighted by atomic mass is 79.9. The standard InChI is InChI=1S/C3H6BrN3/c4-2(1-5)3(6)7/h1H,5H2,(H3,6,7)/p+1/b2-1+. The smallest absolute Gasteiger partial charge is 0.279 e. The summed E-state index contributed by atoms with van der Waals surface area (Å²) < 4.78 is 0.535. The molecular weight excluding hydrogens is 158 g/mol. The summed E-state index contributed by atoms with van der Waals surface area (Å²) in [6, 6.07) is 0. The monoisotopic (exact) mass is 164 g/mol. The quantitative estimate of drug-likeness (QED) is 0.320. The highest BCUT2D eigenvalue weighted by Gasteiger charge is 1.95. The van der Waals surface area contributed by atoms with E-state index in [2.05, 4.69) is 15.9 Å². The van der Waals surface area contributed by atoms with Gasteiger partial charge in [0.2, 0.25) is 0 Å². The van der Waals surface area contributed by atoms with E-state index < -0.39 is 0 Å². The third kappa shape index (κ3) is 2.22. The summed E-state index contributed by atoms with van der Waals surface area (Å²) in [6.07, 6.45) is 1.29. The maximum Gasteiger partial charge on any atom is 0.279 e. The second kappa shape index (κ2) is 2.63. The first-order valence-corrected chi connectivity index (χ1v) is 2.43. The molecule has 0 rings (SSSR count). The molecular formula is C3H7BrN3+. The summed E-state index contributed by atoms with van der Waals surface area (Å²) in [4.78, 5) is 0. The van der Waals surface area contributed by atoms with E-state index in [1.54, 1.807) is 0 Å². The van der Waals surface area contributed by atoms with E-state index in [0.29, 0.717) is 4.48 Å². The van der Waals surface area contributed by atoms with Crippen molar-refractivity contribution in [3.8, 4) is 0 Å². The zero-order valence-electron chi connectivity index (χ0n) is 3.69. The Morgan fingerprint density at radius 1 is 1.71 bits per heavy atom. The SMILES string of the molecule is N/C=C(/Br)C(N)=[NH2+]. The molecule has 6 N–H and O–H groups in total. The number of halogens is 1. The molecule has 40 valence electrons. The summed E-state index contributed by atoms with van der Waals surface area (Å²) in [5.41, 5.74) is 10.0. The van der Waals surface area contributed by atoms with Crippen molar-refractivity contribution < 1.29 is 5.41 Å². The molecule has 0 aliphatic rings. The largest absolute Gasteiger partial charge is 0.403 e. The van der Waals surface area contributed by atoms with E-state index in [0.717, 1.165) is 0 Å². The third-order valence-electron chi connectivity index (χ3n) is 0.422. The molecule has 0 spiro atoms. The average molecular weight is 165 g/mol. The molecule has 0 saturated heterocycles. The Morgan fingerprint density at radius 3 is 2.14 bits per heavy atom. The van der Waals surface area contributed by atoms with E-state index in [-0.39, 0.29) is 5.84 Å². The summed E-state index contributed by atoms with van der Waals surface area (Å²) in [5, 5.41) is 5.05. The molecule has 3 nitrogen and oxygen atoms in total. The number of amidine groups is 1. The van der Waals surface area contributed by atoms with Crippen molar-refractivity contribution in [3.05, 3.63) is 10.7 Å². The Balaban J connectivity index is 3.82. The predicted octanol–water partition coefficient (Wildman–Crippen LogP) is -1.70. The molecule has 0 aliphatic carbocycles. The summed E-state index contributed by atoms with van der Waals surface area (Å²) in [5.74, 6) is 0.197. The van der Waals surface area contributed by atoms with Crippen molar-refractivity contribution in [2.75, 3.05) is 0 Å². The normalized spacial score (nSPS) is 11.3. The van der Waals surface area contributed by atoms with Gasteiger partial charge in [-0.2, -0.15) is 0 Å². The highest BCUT2D eigenvalue weighted by Crippen LogP contribution is 1.96. The van der Waals surface area contributed by atoms with Gasteiger partial charge in [-0.25, -0.2) is 0 Å². The second-order valence-corrected chi connectivity index (χ2v) is 1.82. The lowest BCUT2D eigenvalue weighted by Gasteiger charge is -1.81. The Bertz CT molecular complexity index is 107. The van der Waals surface area contributed by atoms with Gasteiger partial charge in [-0.15, -0.1) is 0 Å². The van der Waals surface area contributed by atoms with Crippen molar-refractivity contribution in [2.24, 2.45) is 11.5 Å². The predicted molar refractivity (Wildman–Crippen MR) is 32.3 cm³/mol. The Morgan fingerprint density at radius 2 is 2.14 bits per heavy atom. The minimum Gasteiger partial charge on any atom is -0.403 e. The van der Waals surface area contributed by atoms with Crippen LogP contribution in [0.5, 0.6) is 0 Å². The van der Waals surface area contributed by atoms with Crippen LogP contribution in [0.4, 0.5) is 0 Å². The van der Waals surface area contributed by atoms with Gasteiger partial charge in [0.1, 0.15) is 4.48 Å². The summed E-state index contributed by atoms with van der Waals surface area (Å²) in [6.45, 7) is 0. The minimum absolute atomic E-state index is 0.197. The van der Waals surface area contributed by atoms with E-state index in [1.165, 1.54) is 6.20 Å². The lowest BCUT2D eigenvalue weighted by molar-refractivity contribution is -0.113. The first kappa shape index (κ1) is 6.49. The topological polar surface area (TPSA) is 77.6 Å². The number of hydrogen-bond acceptors (Lipinski definition) is 1. The first-order valence-electron chi connectivity index (χ1n) is 1.64. The van der Waals surface area contributed by atoms with Gasteiger partial charge < -0.3 is 5.73 Å². The number of nitrogens with two attached hydrogens (primary N) is 3. The summed E-state index contributed by atoms with van der Waals surface area (Å²) in [7, 11) is 0. The third-order valence-corrected chi connectivity index (χ3v) is 1.14. The van der Waals surface area contributed by atoms with Crippen LogP contribution in [0.1, 0.15) is 0 Å². The van der Waals surface area contributed by atoms with Crippen molar-refractivity contribution >= 4 is 21.8 Å². The minimum atomic E-state index is 0.197. The second-order valence-electron chi connectivity index (χ2n) is 0.970. The number of hydrogen-bond donors (Lipinski definition) is 3. The number of rotatable bonds is 1. The molecule has 0 bridgehead atoms.